The van der Waals surface area contributed by atoms with Crippen LogP contribution in [-0.4, -0.2) is 28.3 Å². The summed E-state index contributed by atoms with van der Waals surface area (Å²) in [5, 5.41) is 7.86. The van der Waals surface area contributed by atoms with Gasteiger partial charge in [0, 0.05) is 24.4 Å². The molecule has 0 aliphatic heterocycles. The largest absolute Gasteiger partial charge is 0.452 e. The Kier molecular flexibility index (Phi) is 7.05. The van der Waals surface area contributed by atoms with Crippen molar-refractivity contribution in [2.75, 3.05) is 6.61 Å². The fourth-order valence-corrected chi connectivity index (χ4v) is 2.82. The number of nitrogens with one attached hydrogen (secondary N) is 1. The Morgan fingerprint density at radius 3 is 2.59 bits per heavy atom. The van der Waals surface area contributed by atoms with Gasteiger partial charge in [-0.05, 0) is 44.5 Å². The van der Waals surface area contributed by atoms with E-state index < -0.39 is 11.9 Å². The summed E-state index contributed by atoms with van der Waals surface area (Å²) < 4.78 is 6.71. The lowest BCUT2D eigenvalue weighted by Gasteiger charge is -2.14. The lowest BCUT2D eigenvalue weighted by molar-refractivity contribution is -0.144. The van der Waals surface area contributed by atoms with Crippen molar-refractivity contribution in [3.63, 3.8) is 0 Å². The van der Waals surface area contributed by atoms with Crippen LogP contribution in [0.2, 0.25) is 10.0 Å². The Balaban J connectivity index is 1.86. The first-order valence-corrected chi connectivity index (χ1v) is 9.04. The molecule has 2 aromatic rings. The number of nitrogens with zero attached hydrogens (tertiary/aromatic N) is 2. The second-order valence-corrected chi connectivity index (χ2v) is 6.93. The number of amides is 1. The van der Waals surface area contributed by atoms with Crippen molar-refractivity contribution in [3.05, 3.63) is 56.8 Å². The van der Waals surface area contributed by atoms with E-state index in [2.05, 4.69) is 10.4 Å². The maximum Gasteiger partial charge on any atom is 0.331 e. The van der Waals surface area contributed by atoms with Gasteiger partial charge in [0.1, 0.15) is 0 Å². The minimum absolute atomic E-state index is 0.304. The van der Waals surface area contributed by atoms with E-state index >= 15 is 0 Å². The molecule has 6 nitrogen and oxygen atoms in total. The number of ether oxygens (including phenoxy) is 1. The molecule has 2 rings (SSSR count). The van der Waals surface area contributed by atoms with Gasteiger partial charge in [-0.1, -0.05) is 29.3 Å². The number of aromatic nitrogens is 2. The maximum atomic E-state index is 12.0. The lowest BCUT2D eigenvalue weighted by Crippen LogP contribution is -2.30. The lowest BCUT2D eigenvalue weighted by atomic mass is 10.1. The van der Waals surface area contributed by atoms with Gasteiger partial charge in [0.25, 0.3) is 5.91 Å². The van der Waals surface area contributed by atoms with Gasteiger partial charge in [0.15, 0.2) is 6.61 Å². The predicted molar refractivity (Wildman–Crippen MR) is 106 cm³/mol. The molecular formula is C19H21Cl2N3O3. The quantitative estimate of drug-likeness (QED) is 0.581. The van der Waals surface area contributed by atoms with Crippen molar-refractivity contribution in [3.8, 4) is 0 Å². The number of esters is 1. The van der Waals surface area contributed by atoms with Gasteiger partial charge >= 0.3 is 5.97 Å². The predicted octanol–water partition coefficient (Wildman–Crippen LogP) is 3.78. The van der Waals surface area contributed by atoms with E-state index in [0.717, 1.165) is 22.5 Å². The molecule has 1 atom stereocenters. The van der Waals surface area contributed by atoms with Gasteiger partial charge in [0.2, 0.25) is 0 Å². The average Bonchev–Trinajstić information content (AvgIpc) is 2.85. The van der Waals surface area contributed by atoms with E-state index in [1.807, 2.05) is 20.9 Å². The van der Waals surface area contributed by atoms with E-state index in [1.54, 1.807) is 35.9 Å². The van der Waals surface area contributed by atoms with Gasteiger partial charge < -0.3 is 10.1 Å². The Morgan fingerprint density at radius 1 is 1.30 bits per heavy atom. The highest BCUT2D eigenvalue weighted by Crippen LogP contribution is 2.25. The van der Waals surface area contributed by atoms with E-state index in [-0.39, 0.29) is 12.6 Å². The standard InChI is InChI=1S/C19H21Cl2N3O3/c1-11(14-5-7-16(20)17(21)9-14)22-18(25)10-27-19(26)8-6-15-12(2)23-24(4)13(15)3/h5-9,11H,10H2,1-4H3,(H,22,25)/b8-6+/t11-/m1/s1. The van der Waals surface area contributed by atoms with Crippen LogP contribution in [0.25, 0.3) is 6.08 Å². The number of hydrogen-bond donors (Lipinski definition) is 1. The highest BCUT2D eigenvalue weighted by Gasteiger charge is 2.13. The maximum absolute atomic E-state index is 12.0. The summed E-state index contributed by atoms with van der Waals surface area (Å²) in [6, 6.07) is 4.81. The second-order valence-electron chi connectivity index (χ2n) is 6.11. The van der Waals surface area contributed by atoms with Crippen LogP contribution in [0.4, 0.5) is 0 Å². The fourth-order valence-electron chi connectivity index (χ4n) is 2.52. The molecule has 1 heterocycles. The van der Waals surface area contributed by atoms with Crippen LogP contribution >= 0.6 is 23.2 Å². The molecule has 1 aromatic heterocycles. The molecular weight excluding hydrogens is 389 g/mol. The smallest absolute Gasteiger partial charge is 0.331 e. The average molecular weight is 410 g/mol. The van der Waals surface area contributed by atoms with Crippen molar-refractivity contribution in [1.29, 1.82) is 0 Å². The van der Waals surface area contributed by atoms with E-state index in [9.17, 15) is 9.59 Å². The van der Waals surface area contributed by atoms with E-state index in [1.165, 1.54) is 6.08 Å². The topological polar surface area (TPSA) is 73.2 Å². The van der Waals surface area contributed by atoms with Gasteiger partial charge in [-0.25, -0.2) is 4.79 Å². The van der Waals surface area contributed by atoms with Crippen molar-refractivity contribution in [2.45, 2.75) is 26.8 Å². The van der Waals surface area contributed by atoms with Gasteiger partial charge in [0.05, 0.1) is 21.8 Å². The number of aryl methyl sites for hydroxylation is 2. The van der Waals surface area contributed by atoms with Crippen molar-refractivity contribution in [2.24, 2.45) is 7.05 Å². The third-order valence-corrected chi connectivity index (χ3v) is 4.86. The first kappa shape index (κ1) is 21.0. The SMILES string of the molecule is Cc1nn(C)c(C)c1/C=C/C(=O)OCC(=O)N[C@H](C)c1ccc(Cl)c(Cl)c1. The summed E-state index contributed by atoms with van der Waals surface area (Å²) in [5.41, 5.74) is 3.40. The van der Waals surface area contributed by atoms with Crippen LogP contribution in [0.1, 0.15) is 35.5 Å². The molecule has 0 radical (unpaired) electrons. The van der Waals surface area contributed by atoms with E-state index in [0.29, 0.717) is 10.0 Å². The fraction of sp³-hybridized carbons (Fsp3) is 0.316. The Hall–Kier alpha value is -2.31. The van der Waals surface area contributed by atoms with Gasteiger partial charge in [-0.15, -0.1) is 0 Å². The summed E-state index contributed by atoms with van der Waals surface area (Å²) in [5.74, 6) is -1.01. The molecule has 0 spiro atoms. The number of carbonyl (C=O) groups excluding carboxylic acids is 2. The molecule has 1 aromatic carbocycles. The highest BCUT2D eigenvalue weighted by atomic mass is 35.5. The number of benzene rings is 1. The number of rotatable bonds is 6. The normalized spacial score (nSPS) is 12.2. The Bertz CT molecular complexity index is 891. The van der Waals surface area contributed by atoms with Crippen LogP contribution in [-0.2, 0) is 21.4 Å². The molecule has 27 heavy (non-hydrogen) atoms. The third kappa shape index (κ3) is 5.58. The molecule has 0 saturated carbocycles. The van der Waals surface area contributed by atoms with Crippen molar-refractivity contribution < 1.29 is 14.3 Å². The molecule has 8 heteroatoms. The highest BCUT2D eigenvalue weighted by molar-refractivity contribution is 6.42. The molecule has 0 unspecified atom stereocenters. The van der Waals surface area contributed by atoms with Gasteiger partial charge in [-0.3, -0.25) is 9.48 Å². The summed E-state index contributed by atoms with van der Waals surface area (Å²) in [4.78, 5) is 23.8. The first-order valence-electron chi connectivity index (χ1n) is 8.28. The summed E-state index contributed by atoms with van der Waals surface area (Å²) >= 11 is 11.9. The first-order chi connectivity index (χ1) is 12.7. The van der Waals surface area contributed by atoms with Crippen LogP contribution in [0.15, 0.2) is 24.3 Å². The van der Waals surface area contributed by atoms with Crippen molar-refractivity contribution in [1.82, 2.24) is 15.1 Å². The second kappa shape index (κ2) is 9.06. The monoisotopic (exact) mass is 409 g/mol. The number of halogens is 2. The molecule has 0 aliphatic carbocycles. The Labute approximate surface area is 168 Å². The van der Waals surface area contributed by atoms with Gasteiger partial charge in [-0.2, -0.15) is 5.10 Å². The summed E-state index contributed by atoms with van der Waals surface area (Å²) in [6.45, 7) is 5.19. The molecule has 1 amide bonds. The molecule has 0 bridgehead atoms. The zero-order valence-electron chi connectivity index (χ0n) is 15.5. The van der Waals surface area contributed by atoms with Crippen LogP contribution < -0.4 is 5.32 Å². The molecule has 144 valence electrons. The summed E-state index contributed by atoms with van der Waals surface area (Å²) in [6.07, 6.45) is 2.92. The van der Waals surface area contributed by atoms with Crippen molar-refractivity contribution >= 4 is 41.2 Å². The zero-order valence-corrected chi connectivity index (χ0v) is 17.1. The molecule has 0 aliphatic rings. The molecule has 0 saturated heterocycles. The third-order valence-electron chi connectivity index (χ3n) is 4.12. The number of carbonyl (C=O) groups is 2. The van der Waals surface area contributed by atoms with Crippen LogP contribution in [0.5, 0.6) is 0 Å². The summed E-state index contributed by atoms with van der Waals surface area (Å²) in [7, 11) is 1.83. The van der Waals surface area contributed by atoms with E-state index in [4.69, 9.17) is 27.9 Å². The number of hydrogen-bond acceptors (Lipinski definition) is 4. The zero-order chi connectivity index (χ0) is 20.1. The van der Waals surface area contributed by atoms with Crippen LogP contribution in [0, 0.1) is 13.8 Å². The minimum atomic E-state index is -0.602. The molecule has 0 fully saturated rings. The van der Waals surface area contributed by atoms with Crippen LogP contribution in [0.3, 0.4) is 0 Å². The molecule has 1 N–H and O–H groups in total. The minimum Gasteiger partial charge on any atom is -0.452 e. The Morgan fingerprint density at radius 2 is 2.00 bits per heavy atom.